The number of aliphatic imine (C=N–C) groups is 1. The molecule has 3 aromatic rings. The minimum absolute atomic E-state index is 0.258. The third kappa shape index (κ3) is 4.81. The molecular weight excluding hydrogens is 445 g/mol. The Balaban J connectivity index is 1.65. The molecule has 0 amide bonds. The Morgan fingerprint density at radius 2 is 1.71 bits per heavy atom. The summed E-state index contributed by atoms with van der Waals surface area (Å²) in [7, 11) is 0. The average Bonchev–Trinajstić information content (AvgIpc) is 2.81. The van der Waals surface area contributed by atoms with E-state index in [1.807, 2.05) is 0 Å². The molecule has 0 unspecified atom stereocenters. The summed E-state index contributed by atoms with van der Waals surface area (Å²) in [6.45, 7) is 8.77. The minimum atomic E-state index is 0.258. The van der Waals surface area contributed by atoms with Crippen molar-refractivity contribution in [3.63, 3.8) is 0 Å². The van der Waals surface area contributed by atoms with Gasteiger partial charge in [0.25, 0.3) is 0 Å². The molecule has 0 atom stereocenters. The first-order valence-corrected chi connectivity index (χ1v) is 13.4. The molecule has 1 heterocycles. The second kappa shape index (κ2) is 10.3. The van der Waals surface area contributed by atoms with Crippen molar-refractivity contribution in [3.8, 4) is 0 Å². The van der Waals surface area contributed by atoms with E-state index >= 15 is 0 Å². The van der Waals surface area contributed by atoms with Gasteiger partial charge >= 0.3 is 193 Å². The summed E-state index contributed by atoms with van der Waals surface area (Å²) in [6.07, 6.45) is 8.31. The maximum absolute atomic E-state index is 4.92. The van der Waals surface area contributed by atoms with Crippen molar-refractivity contribution in [1.29, 1.82) is 0 Å². The molecule has 0 saturated carbocycles. The van der Waals surface area contributed by atoms with E-state index in [4.69, 9.17) is 4.99 Å². The quantitative estimate of drug-likeness (QED) is 0.180. The molecule has 31 heavy (non-hydrogen) atoms. The van der Waals surface area contributed by atoms with Crippen LogP contribution < -0.4 is 19.1 Å². The summed E-state index contributed by atoms with van der Waals surface area (Å²) < 4.78 is 2.82. The van der Waals surface area contributed by atoms with Crippen LogP contribution in [0.1, 0.15) is 52.9 Å². The maximum atomic E-state index is 4.92. The SMILES string of the molecule is CCCCCCC=Nc1cc2c(c3ccccc13)Nc1ccc(N(CC)CC)cc1[Se]2. The Labute approximate surface area is 193 Å². The monoisotopic (exact) mass is 479 g/mol. The summed E-state index contributed by atoms with van der Waals surface area (Å²) >= 11 is 0.258. The molecule has 4 rings (SSSR count). The second-order valence-electron chi connectivity index (χ2n) is 8.06. The third-order valence-electron chi connectivity index (χ3n) is 5.98. The van der Waals surface area contributed by atoms with Crippen molar-refractivity contribution in [2.75, 3.05) is 23.3 Å². The van der Waals surface area contributed by atoms with Crippen molar-refractivity contribution >= 4 is 63.6 Å². The van der Waals surface area contributed by atoms with Gasteiger partial charge in [0, 0.05) is 0 Å². The van der Waals surface area contributed by atoms with Gasteiger partial charge in [-0.1, -0.05) is 0 Å². The van der Waals surface area contributed by atoms with E-state index in [0.717, 1.165) is 25.2 Å². The van der Waals surface area contributed by atoms with Crippen molar-refractivity contribution in [2.45, 2.75) is 52.9 Å². The molecule has 3 aromatic carbocycles. The molecule has 0 saturated heterocycles. The van der Waals surface area contributed by atoms with Crippen LogP contribution in [0.2, 0.25) is 0 Å². The molecule has 0 spiro atoms. The van der Waals surface area contributed by atoms with Crippen molar-refractivity contribution in [1.82, 2.24) is 0 Å². The van der Waals surface area contributed by atoms with Crippen LogP contribution in [0.25, 0.3) is 10.8 Å². The normalized spacial score (nSPS) is 12.6. The molecule has 1 aliphatic rings. The van der Waals surface area contributed by atoms with Crippen molar-refractivity contribution in [2.24, 2.45) is 4.99 Å². The van der Waals surface area contributed by atoms with Crippen molar-refractivity contribution < 1.29 is 0 Å². The Morgan fingerprint density at radius 1 is 0.903 bits per heavy atom. The van der Waals surface area contributed by atoms with E-state index in [1.165, 1.54) is 62.4 Å². The fourth-order valence-corrected chi connectivity index (χ4v) is 6.47. The van der Waals surface area contributed by atoms with Crippen LogP contribution in [0.3, 0.4) is 0 Å². The summed E-state index contributed by atoms with van der Waals surface area (Å²) in [5.41, 5.74) is 4.94. The zero-order chi connectivity index (χ0) is 21.6. The predicted octanol–water partition coefficient (Wildman–Crippen LogP) is 6.07. The van der Waals surface area contributed by atoms with E-state index in [9.17, 15) is 0 Å². The predicted molar refractivity (Wildman–Crippen MR) is 139 cm³/mol. The van der Waals surface area contributed by atoms with Gasteiger partial charge in [0.05, 0.1) is 0 Å². The van der Waals surface area contributed by atoms with Crippen LogP contribution in [0.5, 0.6) is 0 Å². The van der Waals surface area contributed by atoms with E-state index in [-0.39, 0.29) is 15.0 Å². The number of fused-ring (bicyclic) bond motifs is 4. The number of nitrogens with zero attached hydrogens (tertiary/aromatic N) is 2. The van der Waals surface area contributed by atoms with Gasteiger partial charge in [0.1, 0.15) is 0 Å². The Kier molecular flexibility index (Phi) is 7.32. The number of anilines is 3. The van der Waals surface area contributed by atoms with Crippen LogP contribution in [0.15, 0.2) is 53.5 Å². The third-order valence-corrected chi connectivity index (χ3v) is 8.28. The molecule has 0 fully saturated rings. The van der Waals surface area contributed by atoms with Crippen LogP contribution in [-0.4, -0.2) is 34.3 Å². The van der Waals surface area contributed by atoms with Gasteiger partial charge in [-0.3, -0.25) is 0 Å². The van der Waals surface area contributed by atoms with E-state index in [0.29, 0.717) is 0 Å². The van der Waals surface area contributed by atoms with E-state index in [2.05, 4.69) is 85.7 Å². The first kappa shape index (κ1) is 21.9. The molecule has 3 nitrogen and oxygen atoms in total. The molecule has 1 N–H and O–H groups in total. The fourth-order valence-electron chi connectivity index (χ4n) is 4.21. The summed E-state index contributed by atoms with van der Waals surface area (Å²) in [4.78, 5) is 7.33. The number of benzene rings is 3. The molecule has 0 aromatic heterocycles. The second-order valence-corrected chi connectivity index (χ2v) is 10.3. The van der Waals surface area contributed by atoms with Crippen LogP contribution >= 0.6 is 0 Å². The molecule has 0 bridgehead atoms. The number of hydrogen-bond donors (Lipinski definition) is 1. The molecule has 0 aliphatic carbocycles. The summed E-state index contributed by atoms with van der Waals surface area (Å²) in [5.74, 6) is 0. The number of unbranched alkanes of at least 4 members (excludes halogenated alkanes) is 4. The summed E-state index contributed by atoms with van der Waals surface area (Å²) in [6, 6.07) is 17.9. The number of nitrogens with one attached hydrogen (secondary N) is 1. The zero-order valence-corrected chi connectivity index (χ0v) is 20.7. The van der Waals surface area contributed by atoms with Crippen LogP contribution in [-0.2, 0) is 0 Å². The summed E-state index contributed by atoms with van der Waals surface area (Å²) in [5, 5.41) is 6.26. The van der Waals surface area contributed by atoms with Gasteiger partial charge in [-0.25, -0.2) is 0 Å². The number of hydrogen-bond acceptors (Lipinski definition) is 3. The van der Waals surface area contributed by atoms with Crippen LogP contribution in [0.4, 0.5) is 22.7 Å². The number of rotatable bonds is 9. The van der Waals surface area contributed by atoms with Gasteiger partial charge in [-0.15, -0.1) is 0 Å². The fraction of sp³-hybridized carbons (Fsp3) is 0.370. The van der Waals surface area contributed by atoms with E-state index in [1.54, 1.807) is 0 Å². The Morgan fingerprint density at radius 3 is 2.48 bits per heavy atom. The van der Waals surface area contributed by atoms with Gasteiger partial charge < -0.3 is 0 Å². The first-order chi connectivity index (χ1) is 15.2. The van der Waals surface area contributed by atoms with Crippen LogP contribution in [0, 0.1) is 0 Å². The van der Waals surface area contributed by atoms with Gasteiger partial charge in [-0.05, 0) is 0 Å². The molecule has 4 heteroatoms. The van der Waals surface area contributed by atoms with Gasteiger partial charge in [0.2, 0.25) is 0 Å². The van der Waals surface area contributed by atoms with Gasteiger partial charge in [0.15, 0.2) is 0 Å². The Hall–Kier alpha value is -2.29. The molecule has 162 valence electrons. The molecule has 0 radical (unpaired) electrons. The van der Waals surface area contributed by atoms with Gasteiger partial charge in [-0.2, -0.15) is 0 Å². The molecular formula is C27H33N3Se. The molecule has 1 aliphatic heterocycles. The topological polar surface area (TPSA) is 27.6 Å². The standard InChI is InChI=1S/C27H33N3Se/c1-4-7-8-9-12-17-28-24-19-26-27(22-14-11-10-13-21(22)24)29-23-16-15-20(18-25(23)31-26)30(5-2)6-3/h10-11,13-19,29H,4-9,12H2,1-3H3. The Bertz CT molecular complexity index is 1070. The average molecular weight is 479 g/mol. The first-order valence-electron chi connectivity index (χ1n) is 11.7. The zero-order valence-electron chi connectivity index (χ0n) is 18.9. The van der Waals surface area contributed by atoms with E-state index < -0.39 is 0 Å². The van der Waals surface area contributed by atoms with Crippen molar-refractivity contribution in [3.05, 3.63) is 48.5 Å².